The number of aldehydes is 1. The minimum absolute atomic E-state index is 0.390. The van der Waals surface area contributed by atoms with Gasteiger partial charge < -0.3 is 0 Å². The van der Waals surface area contributed by atoms with Crippen molar-refractivity contribution in [1.82, 2.24) is 4.98 Å². The van der Waals surface area contributed by atoms with Gasteiger partial charge in [0.05, 0.1) is 16.1 Å². The van der Waals surface area contributed by atoms with Gasteiger partial charge in [0.2, 0.25) is 0 Å². The molecule has 0 aliphatic carbocycles. The number of fused-ring (bicyclic) bond motifs is 1. The minimum Gasteiger partial charge on any atom is -0.298 e. The lowest BCUT2D eigenvalue weighted by Crippen LogP contribution is -1.87. The van der Waals surface area contributed by atoms with Gasteiger partial charge in [0.15, 0.2) is 6.29 Å². The molecule has 0 aliphatic rings. The zero-order valence-electron chi connectivity index (χ0n) is 7.00. The molecular weight excluding hydrogens is 221 g/mol. The molecule has 1 aromatic heterocycles. The molecule has 0 aliphatic heterocycles. The topological polar surface area (TPSA) is 30.0 Å². The summed E-state index contributed by atoms with van der Waals surface area (Å²) >= 11 is 11.8. The molecular formula is C10H5Cl2NO. The Hall–Kier alpha value is -1.12. The number of carbonyl (C=O) groups excluding carboxylic acids is 1. The first-order valence-electron chi connectivity index (χ1n) is 3.91. The van der Waals surface area contributed by atoms with Gasteiger partial charge in [-0.3, -0.25) is 9.78 Å². The zero-order valence-corrected chi connectivity index (χ0v) is 8.51. The maximum absolute atomic E-state index is 10.6. The van der Waals surface area contributed by atoms with E-state index in [1.807, 2.05) is 0 Å². The fraction of sp³-hybridized carbons (Fsp3) is 0. The molecule has 14 heavy (non-hydrogen) atoms. The molecule has 0 N–H and O–H groups in total. The van der Waals surface area contributed by atoms with Gasteiger partial charge >= 0.3 is 0 Å². The normalized spacial score (nSPS) is 10.4. The number of hydrogen-bond acceptors (Lipinski definition) is 2. The van der Waals surface area contributed by atoms with Crippen molar-refractivity contribution in [2.75, 3.05) is 0 Å². The second kappa shape index (κ2) is 3.56. The molecule has 70 valence electrons. The van der Waals surface area contributed by atoms with Crippen LogP contribution in [0.3, 0.4) is 0 Å². The molecule has 1 aromatic carbocycles. The van der Waals surface area contributed by atoms with Gasteiger partial charge in [-0.05, 0) is 18.2 Å². The molecule has 4 heteroatoms. The molecule has 2 rings (SSSR count). The summed E-state index contributed by atoms with van der Waals surface area (Å²) in [5.74, 6) is 0. The predicted molar refractivity (Wildman–Crippen MR) is 57.2 cm³/mol. The Labute approximate surface area is 90.5 Å². The fourth-order valence-corrected chi connectivity index (χ4v) is 1.65. The Bertz CT molecular complexity index is 511. The van der Waals surface area contributed by atoms with Gasteiger partial charge in [-0.25, -0.2) is 0 Å². The Morgan fingerprint density at radius 3 is 2.79 bits per heavy atom. The van der Waals surface area contributed by atoms with Gasteiger partial charge in [-0.15, -0.1) is 0 Å². The summed E-state index contributed by atoms with van der Waals surface area (Å²) in [5, 5.41) is 1.75. The highest BCUT2D eigenvalue weighted by atomic mass is 35.5. The van der Waals surface area contributed by atoms with Crippen molar-refractivity contribution in [3.8, 4) is 0 Å². The molecule has 0 amide bonds. The highest BCUT2D eigenvalue weighted by molar-refractivity contribution is 6.38. The summed E-state index contributed by atoms with van der Waals surface area (Å²) in [4.78, 5) is 14.7. The third-order valence-electron chi connectivity index (χ3n) is 1.92. The van der Waals surface area contributed by atoms with Crippen molar-refractivity contribution in [3.05, 3.63) is 40.0 Å². The summed E-state index contributed by atoms with van der Waals surface area (Å²) in [6.45, 7) is 0. The van der Waals surface area contributed by atoms with Crippen molar-refractivity contribution in [2.45, 2.75) is 0 Å². The van der Waals surface area contributed by atoms with E-state index in [2.05, 4.69) is 4.98 Å². The standard InChI is InChI=1S/C10H5Cl2NO/c11-7-1-2-8-9(3-7)13-4-6(5-14)10(8)12/h1-5H. The first-order valence-corrected chi connectivity index (χ1v) is 4.67. The van der Waals surface area contributed by atoms with Gasteiger partial charge in [-0.2, -0.15) is 0 Å². The predicted octanol–water partition coefficient (Wildman–Crippen LogP) is 3.35. The number of benzene rings is 1. The Balaban J connectivity index is 2.83. The van der Waals surface area contributed by atoms with Crippen molar-refractivity contribution in [3.63, 3.8) is 0 Å². The number of rotatable bonds is 1. The van der Waals surface area contributed by atoms with Crippen molar-refractivity contribution in [2.24, 2.45) is 0 Å². The molecule has 0 saturated carbocycles. The largest absolute Gasteiger partial charge is 0.298 e. The molecule has 0 spiro atoms. The maximum atomic E-state index is 10.6. The van der Waals surface area contributed by atoms with E-state index in [0.717, 1.165) is 5.39 Å². The summed E-state index contributed by atoms with van der Waals surface area (Å²) < 4.78 is 0. The quantitative estimate of drug-likeness (QED) is 0.698. The van der Waals surface area contributed by atoms with Crippen LogP contribution >= 0.6 is 23.2 Å². The van der Waals surface area contributed by atoms with E-state index < -0.39 is 0 Å². The van der Waals surface area contributed by atoms with E-state index in [1.165, 1.54) is 6.20 Å². The molecule has 0 fully saturated rings. The Morgan fingerprint density at radius 1 is 1.29 bits per heavy atom. The molecule has 0 bridgehead atoms. The number of carbonyl (C=O) groups is 1. The fourth-order valence-electron chi connectivity index (χ4n) is 1.23. The van der Waals surface area contributed by atoms with Crippen LogP contribution in [0.4, 0.5) is 0 Å². The molecule has 0 radical (unpaired) electrons. The monoisotopic (exact) mass is 225 g/mol. The lowest BCUT2D eigenvalue weighted by Gasteiger charge is -2.01. The van der Waals surface area contributed by atoms with Gasteiger partial charge in [0.25, 0.3) is 0 Å². The second-order valence-electron chi connectivity index (χ2n) is 2.81. The van der Waals surface area contributed by atoms with E-state index in [0.29, 0.717) is 27.4 Å². The number of hydrogen-bond donors (Lipinski definition) is 0. The van der Waals surface area contributed by atoms with Crippen LogP contribution in [0.2, 0.25) is 10.0 Å². The lowest BCUT2D eigenvalue weighted by atomic mass is 10.2. The van der Waals surface area contributed by atoms with E-state index in [-0.39, 0.29) is 0 Å². The molecule has 0 atom stereocenters. The molecule has 0 saturated heterocycles. The summed E-state index contributed by atoms with van der Waals surface area (Å²) in [6.07, 6.45) is 2.12. The van der Waals surface area contributed by atoms with Crippen LogP contribution in [-0.2, 0) is 0 Å². The highest BCUT2D eigenvalue weighted by Gasteiger charge is 2.05. The number of nitrogens with zero attached hydrogens (tertiary/aromatic N) is 1. The third kappa shape index (κ3) is 1.47. The average Bonchev–Trinajstić information content (AvgIpc) is 2.18. The zero-order chi connectivity index (χ0) is 10.1. The van der Waals surface area contributed by atoms with Crippen molar-refractivity contribution in [1.29, 1.82) is 0 Å². The summed E-state index contributed by atoms with van der Waals surface area (Å²) in [6, 6.07) is 5.17. The van der Waals surface area contributed by atoms with Crippen LogP contribution in [0.15, 0.2) is 24.4 Å². The van der Waals surface area contributed by atoms with Crippen molar-refractivity contribution >= 4 is 40.4 Å². The Kier molecular flexibility index (Phi) is 2.40. The maximum Gasteiger partial charge on any atom is 0.153 e. The van der Waals surface area contributed by atoms with Gasteiger partial charge in [-0.1, -0.05) is 23.2 Å². The third-order valence-corrected chi connectivity index (χ3v) is 2.58. The van der Waals surface area contributed by atoms with Gasteiger partial charge in [0.1, 0.15) is 0 Å². The average molecular weight is 226 g/mol. The number of aromatic nitrogens is 1. The van der Waals surface area contributed by atoms with Crippen molar-refractivity contribution < 1.29 is 4.79 Å². The highest BCUT2D eigenvalue weighted by Crippen LogP contribution is 2.26. The van der Waals surface area contributed by atoms with E-state index >= 15 is 0 Å². The van der Waals surface area contributed by atoms with Crippen LogP contribution in [0.1, 0.15) is 10.4 Å². The summed E-state index contributed by atoms with van der Waals surface area (Å²) in [5.41, 5.74) is 1.08. The lowest BCUT2D eigenvalue weighted by molar-refractivity contribution is 0.112. The van der Waals surface area contributed by atoms with Crippen LogP contribution in [0, 0.1) is 0 Å². The first-order chi connectivity index (χ1) is 6.72. The summed E-state index contributed by atoms with van der Waals surface area (Å²) in [7, 11) is 0. The number of pyridine rings is 1. The van der Waals surface area contributed by atoms with Crippen LogP contribution in [0.5, 0.6) is 0 Å². The molecule has 0 unspecified atom stereocenters. The SMILES string of the molecule is O=Cc1cnc2cc(Cl)ccc2c1Cl. The molecule has 2 aromatic rings. The van der Waals surface area contributed by atoms with E-state index in [4.69, 9.17) is 23.2 Å². The van der Waals surface area contributed by atoms with Crippen LogP contribution < -0.4 is 0 Å². The Morgan fingerprint density at radius 2 is 2.07 bits per heavy atom. The smallest absolute Gasteiger partial charge is 0.153 e. The number of halogens is 2. The molecule has 2 nitrogen and oxygen atoms in total. The molecule has 1 heterocycles. The minimum atomic E-state index is 0.390. The van der Waals surface area contributed by atoms with Crippen LogP contribution in [0.25, 0.3) is 10.9 Å². The van der Waals surface area contributed by atoms with E-state index in [1.54, 1.807) is 18.2 Å². The van der Waals surface area contributed by atoms with Crippen LogP contribution in [-0.4, -0.2) is 11.3 Å². The van der Waals surface area contributed by atoms with E-state index in [9.17, 15) is 4.79 Å². The van der Waals surface area contributed by atoms with Gasteiger partial charge in [0, 0.05) is 16.6 Å². The first kappa shape index (κ1) is 9.44. The second-order valence-corrected chi connectivity index (χ2v) is 3.62.